The SMILES string of the molecule is COC(=O)CC=Cc1ccc2c3c(cccc13)CC2. The summed E-state index contributed by atoms with van der Waals surface area (Å²) >= 11 is 0. The topological polar surface area (TPSA) is 26.3 Å². The van der Waals surface area contributed by atoms with Crippen LogP contribution in [0.2, 0.25) is 0 Å². The van der Waals surface area contributed by atoms with E-state index in [2.05, 4.69) is 35.1 Å². The Kier molecular flexibility index (Phi) is 3.08. The quantitative estimate of drug-likeness (QED) is 0.781. The Hall–Kier alpha value is -2.09. The van der Waals surface area contributed by atoms with Crippen LogP contribution >= 0.6 is 0 Å². The van der Waals surface area contributed by atoms with E-state index in [1.165, 1.54) is 34.6 Å². The van der Waals surface area contributed by atoms with Crippen LogP contribution in [-0.4, -0.2) is 13.1 Å². The standard InChI is InChI=1S/C17H16O2/c1-19-16(18)7-3-4-12-8-9-14-11-10-13-5-2-6-15(12)17(13)14/h2-6,8-9H,7,10-11H2,1H3. The molecular weight excluding hydrogens is 236 g/mol. The number of benzene rings is 2. The molecule has 0 heterocycles. The summed E-state index contributed by atoms with van der Waals surface area (Å²) in [4.78, 5) is 11.1. The lowest BCUT2D eigenvalue weighted by Crippen LogP contribution is -1.96. The molecule has 0 unspecified atom stereocenters. The molecule has 1 aliphatic rings. The number of aryl methyl sites for hydroxylation is 2. The molecule has 0 atom stereocenters. The zero-order valence-electron chi connectivity index (χ0n) is 11.0. The third-order valence-corrected chi connectivity index (χ3v) is 3.72. The molecule has 0 radical (unpaired) electrons. The minimum Gasteiger partial charge on any atom is -0.469 e. The smallest absolute Gasteiger partial charge is 0.309 e. The summed E-state index contributed by atoms with van der Waals surface area (Å²) in [5.74, 6) is -0.206. The highest BCUT2D eigenvalue weighted by Crippen LogP contribution is 2.33. The summed E-state index contributed by atoms with van der Waals surface area (Å²) in [6.45, 7) is 0. The average Bonchev–Trinajstić information content (AvgIpc) is 2.86. The summed E-state index contributed by atoms with van der Waals surface area (Å²) in [5.41, 5.74) is 4.05. The maximum atomic E-state index is 11.1. The second-order valence-electron chi connectivity index (χ2n) is 4.84. The van der Waals surface area contributed by atoms with Crippen LogP contribution < -0.4 is 0 Å². The number of methoxy groups -OCH3 is 1. The van der Waals surface area contributed by atoms with Crippen molar-refractivity contribution in [3.8, 4) is 0 Å². The lowest BCUT2D eigenvalue weighted by Gasteiger charge is -2.05. The molecule has 2 aromatic rings. The van der Waals surface area contributed by atoms with Gasteiger partial charge in [-0.05, 0) is 40.3 Å². The second kappa shape index (κ2) is 4.88. The minimum absolute atomic E-state index is 0.206. The molecule has 0 aliphatic heterocycles. The highest BCUT2D eigenvalue weighted by Gasteiger charge is 2.14. The second-order valence-corrected chi connectivity index (χ2v) is 4.84. The van der Waals surface area contributed by atoms with E-state index in [1.54, 1.807) is 0 Å². The summed E-state index contributed by atoms with van der Waals surface area (Å²) in [6.07, 6.45) is 6.48. The first-order chi connectivity index (χ1) is 9.29. The molecule has 3 rings (SSSR count). The van der Waals surface area contributed by atoms with Gasteiger partial charge in [-0.15, -0.1) is 0 Å². The van der Waals surface area contributed by atoms with Crippen molar-refractivity contribution in [3.05, 3.63) is 53.1 Å². The monoisotopic (exact) mass is 252 g/mol. The van der Waals surface area contributed by atoms with E-state index in [1.807, 2.05) is 12.2 Å². The predicted octanol–water partition coefficient (Wildman–Crippen LogP) is 3.51. The first-order valence-electron chi connectivity index (χ1n) is 6.56. The molecule has 0 fully saturated rings. The Balaban J connectivity index is 1.99. The molecule has 0 amide bonds. The van der Waals surface area contributed by atoms with Crippen LogP contribution in [0, 0.1) is 0 Å². The number of carbonyl (C=O) groups is 1. The molecule has 0 N–H and O–H groups in total. The first kappa shape index (κ1) is 12.0. The molecule has 0 bridgehead atoms. The Bertz CT molecular complexity index is 658. The van der Waals surface area contributed by atoms with E-state index in [0.29, 0.717) is 6.42 Å². The van der Waals surface area contributed by atoms with Crippen molar-refractivity contribution in [2.24, 2.45) is 0 Å². The van der Waals surface area contributed by atoms with Gasteiger partial charge in [0.15, 0.2) is 0 Å². The molecule has 19 heavy (non-hydrogen) atoms. The van der Waals surface area contributed by atoms with Crippen LogP contribution in [0.4, 0.5) is 0 Å². The zero-order chi connectivity index (χ0) is 13.2. The van der Waals surface area contributed by atoms with Gasteiger partial charge in [-0.25, -0.2) is 0 Å². The van der Waals surface area contributed by atoms with Gasteiger partial charge in [-0.1, -0.05) is 42.5 Å². The van der Waals surface area contributed by atoms with Crippen LogP contribution in [-0.2, 0) is 22.4 Å². The van der Waals surface area contributed by atoms with E-state index < -0.39 is 0 Å². The minimum atomic E-state index is -0.206. The Morgan fingerprint density at radius 2 is 2.00 bits per heavy atom. The molecule has 2 nitrogen and oxygen atoms in total. The van der Waals surface area contributed by atoms with Crippen molar-refractivity contribution < 1.29 is 9.53 Å². The van der Waals surface area contributed by atoms with Crippen molar-refractivity contribution in [2.75, 3.05) is 7.11 Å². The number of ether oxygens (including phenoxy) is 1. The van der Waals surface area contributed by atoms with Gasteiger partial charge in [0, 0.05) is 0 Å². The molecule has 2 aromatic carbocycles. The van der Waals surface area contributed by atoms with Gasteiger partial charge in [-0.3, -0.25) is 4.79 Å². The zero-order valence-corrected chi connectivity index (χ0v) is 11.0. The highest BCUT2D eigenvalue weighted by atomic mass is 16.5. The summed E-state index contributed by atoms with van der Waals surface area (Å²) < 4.78 is 4.63. The number of hydrogen-bond donors (Lipinski definition) is 0. The number of hydrogen-bond acceptors (Lipinski definition) is 2. The van der Waals surface area contributed by atoms with Crippen LogP contribution in [0.1, 0.15) is 23.1 Å². The summed E-state index contributed by atoms with van der Waals surface area (Å²) in [7, 11) is 1.41. The first-order valence-corrected chi connectivity index (χ1v) is 6.56. The predicted molar refractivity (Wildman–Crippen MR) is 77.0 cm³/mol. The largest absolute Gasteiger partial charge is 0.469 e. The molecule has 96 valence electrons. The fourth-order valence-electron chi connectivity index (χ4n) is 2.78. The van der Waals surface area contributed by atoms with Crippen LogP contribution in [0.5, 0.6) is 0 Å². The molecule has 1 aliphatic carbocycles. The van der Waals surface area contributed by atoms with Crippen LogP contribution in [0.15, 0.2) is 36.4 Å². The lowest BCUT2D eigenvalue weighted by atomic mass is 9.99. The third kappa shape index (κ3) is 2.14. The third-order valence-electron chi connectivity index (χ3n) is 3.72. The van der Waals surface area contributed by atoms with Gasteiger partial charge in [-0.2, -0.15) is 0 Å². The molecule has 0 saturated heterocycles. The van der Waals surface area contributed by atoms with E-state index >= 15 is 0 Å². The number of carbonyl (C=O) groups excluding carboxylic acids is 1. The van der Waals surface area contributed by atoms with Crippen molar-refractivity contribution in [2.45, 2.75) is 19.3 Å². The number of rotatable bonds is 3. The van der Waals surface area contributed by atoms with E-state index in [-0.39, 0.29) is 5.97 Å². The fourth-order valence-corrected chi connectivity index (χ4v) is 2.78. The lowest BCUT2D eigenvalue weighted by molar-refractivity contribution is -0.139. The Morgan fingerprint density at radius 1 is 1.21 bits per heavy atom. The maximum absolute atomic E-state index is 11.1. The van der Waals surface area contributed by atoms with Gasteiger partial charge >= 0.3 is 5.97 Å². The maximum Gasteiger partial charge on any atom is 0.309 e. The number of esters is 1. The van der Waals surface area contributed by atoms with Crippen molar-refractivity contribution in [1.82, 2.24) is 0 Å². The van der Waals surface area contributed by atoms with Crippen molar-refractivity contribution in [3.63, 3.8) is 0 Å². The summed E-state index contributed by atoms with van der Waals surface area (Å²) in [6, 6.07) is 10.8. The van der Waals surface area contributed by atoms with Gasteiger partial charge in [0.25, 0.3) is 0 Å². The summed E-state index contributed by atoms with van der Waals surface area (Å²) in [5, 5.41) is 2.69. The van der Waals surface area contributed by atoms with E-state index in [9.17, 15) is 4.79 Å². The Morgan fingerprint density at radius 3 is 2.79 bits per heavy atom. The van der Waals surface area contributed by atoms with Gasteiger partial charge in [0.05, 0.1) is 13.5 Å². The molecule has 0 spiro atoms. The highest BCUT2D eigenvalue weighted by molar-refractivity contribution is 5.96. The molecule has 0 saturated carbocycles. The average molecular weight is 252 g/mol. The fraction of sp³-hybridized carbons (Fsp3) is 0.235. The van der Waals surface area contributed by atoms with E-state index in [0.717, 1.165) is 12.8 Å². The van der Waals surface area contributed by atoms with Gasteiger partial charge in [0.1, 0.15) is 0 Å². The molecular formula is C17H16O2. The van der Waals surface area contributed by atoms with Crippen LogP contribution in [0.25, 0.3) is 16.8 Å². The molecule has 0 aromatic heterocycles. The van der Waals surface area contributed by atoms with Gasteiger partial charge in [0.2, 0.25) is 0 Å². The van der Waals surface area contributed by atoms with Crippen LogP contribution in [0.3, 0.4) is 0 Å². The van der Waals surface area contributed by atoms with Crippen molar-refractivity contribution >= 4 is 22.8 Å². The molecule has 2 heteroatoms. The van der Waals surface area contributed by atoms with Crippen molar-refractivity contribution in [1.29, 1.82) is 0 Å². The normalized spacial score (nSPS) is 13.3. The van der Waals surface area contributed by atoms with Gasteiger partial charge < -0.3 is 4.74 Å². The van der Waals surface area contributed by atoms with E-state index in [4.69, 9.17) is 0 Å². The Labute approximate surface area is 112 Å².